The van der Waals surface area contributed by atoms with Crippen molar-refractivity contribution in [2.45, 2.75) is 26.8 Å². The molecule has 2 rings (SSSR count). The maximum atomic E-state index is 11.9. The van der Waals surface area contributed by atoms with Gasteiger partial charge in [0.25, 0.3) is 5.56 Å². The van der Waals surface area contributed by atoms with E-state index in [0.717, 1.165) is 17.7 Å². The fourth-order valence-corrected chi connectivity index (χ4v) is 2.14. The molecule has 0 radical (unpaired) electrons. The van der Waals surface area contributed by atoms with Gasteiger partial charge in [-0.2, -0.15) is 5.10 Å². The molecule has 2 aromatic rings. The van der Waals surface area contributed by atoms with Gasteiger partial charge < -0.3 is 9.47 Å². The molecule has 22 heavy (non-hydrogen) atoms. The topological polar surface area (TPSA) is 53.4 Å². The summed E-state index contributed by atoms with van der Waals surface area (Å²) in [6, 6.07) is 8.88. The van der Waals surface area contributed by atoms with E-state index in [1.165, 1.54) is 4.68 Å². The zero-order valence-corrected chi connectivity index (χ0v) is 13.5. The molecule has 0 fully saturated rings. The molecular weight excluding hydrogens is 280 g/mol. The summed E-state index contributed by atoms with van der Waals surface area (Å²) in [5, 5.41) is 4.45. The van der Waals surface area contributed by atoms with Gasteiger partial charge in [-0.25, -0.2) is 4.68 Å². The predicted molar refractivity (Wildman–Crippen MR) is 86.5 cm³/mol. The van der Waals surface area contributed by atoms with Gasteiger partial charge in [0.2, 0.25) is 0 Å². The summed E-state index contributed by atoms with van der Waals surface area (Å²) in [4.78, 5) is 11.9. The lowest BCUT2D eigenvalue weighted by Crippen LogP contribution is -2.23. The highest BCUT2D eigenvalue weighted by molar-refractivity contribution is 5.63. The number of hydrogen-bond donors (Lipinski definition) is 0. The summed E-state index contributed by atoms with van der Waals surface area (Å²) in [5.74, 6) is 1.83. The molecule has 1 aromatic carbocycles. The first kappa shape index (κ1) is 16.1. The molecule has 0 aliphatic carbocycles. The SMILES string of the molecule is COc1ccc(-c2ccc(=O)n(CCC(C)C)n2)cc1OC. The van der Waals surface area contributed by atoms with Gasteiger partial charge in [-0.15, -0.1) is 0 Å². The van der Waals surface area contributed by atoms with Crippen LogP contribution in [0.3, 0.4) is 0 Å². The van der Waals surface area contributed by atoms with Crippen LogP contribution in [0.15, 0.2) is 35.1 Å². The van der Waals surface area contributed by atoms with E-state index < -0.39 is 0 Å². The average Bonchev–Trinajstić information content (AvgIpc) is 2.53. The molecule has 0 amide bonds. The number of hydrogen-bond acceptors (Lipinski definition) is 4. The lowest BCUT2D eigenvalue weighted by molar-refractivity contribution is 0.355. The molecule has 0 saturated heterocycles. The van der Waals surface area contributed by atoms with Crippen molar-refractivity contribution in [1.29, 1.82) is 0 Å². The lowest BCUT2D eigenvalue weighted by atomic mass is 10.1. The van der Waals surface area contributed by atoms with E-state index in [2.05, 4.69) is 18.9 Å². The summed E-state index contributed by atoms with van der Waals surface area (Å²) in [5.41, 5.74) is 1.55. The highest BCUT2D eigenvalue weighted by atomic mass is 16.5. The predicted octanol–water partition coefficient (Wildman–Crippen LogP) is 2.97. The first-order chi connectivity index (χ1) is 10.5. The van der Waals surface area contributed by atoms with Crippen molar-refractivity contribution in [3.8, 4) is 22.8 Å². The number of nitrogens with zero attached hydrogens (tertiary/aromatic N) is 2. The highest BCUT2D eigenvalue weighted by Gasteiger charge is 2.09. The molecule has 0 spiro atoms. The molecule has 0 N–H and O–H groups in total. The Morgan fingerprint density at radius 1 is 1.09 bits per heavy atom. The fraction of sp³-hybridized carbons (Fsp3) is 0.412. The van der Waals surface area contributed by atoms with Crippen LogP contribution in [0.25, 0.3) is 11.3 Å². The Kier molecular flexibility index (Phi) is 5.20. The maximum Gasteiger partial charge on any atom is 0.266 e. The second-order valence-corrected chi connectivity index (χ2v) is 5.53. The van der Waals surface area contributed by atoms with Crippen molar-refractivity contribution in [2.75, 3.05) is 14.2 Å². The Bertz CT molecular complexity index is 693. The Morgan fingerprint density at radius 3 is 2.45 bits per heavy atom. The van der Waals surface area contributed by atoms with Crippen molar-refractivity contribution in [3.05, 3.63) is 40.7 Å². The Labute approximate surface area is 130 Å². The van der Waals surface area contributed by atoms with Gasteiger partial charge >= 0.3 is 0 Å². The fourth-order valence-electron chi connectivity index (χ4n) is 2.14. The Hall–Kier alpha value is -2.30. The smallest absolute Gasteiger partial charge is 0.266 e. The summed E-state index contributed by atoms with van der Waals surface area (Å²) >= 11 is 0. The van der Waals surface area contributed by atoms with Gasteiger partial charge in [-0.1, -0.05) is 13.8 Å². The monoisotopic (exact) mass is 302 g/mol. The van der Waals surface area contributed by atoms with E-state index in [1.807, 2.05) is 18.2 Å². The minimum absolute atomic E-state index is 0.0788. The number of methoxy groups -OCH3 is 2. The minimum atomic E-state index is -0.0788. The number of ether oxygens (including phenoxy) is 2. The molecule has 118 valence electrons. The largest absolute Gasteiger partial charge is 0.493 e. The molecule has 1 heterocycles. The van der Waals surface area contributed by atoms with Gasteiger partial charge in [0.15, 0.2) is 11.5 Å². The quantitative estimate of drug-likeness (QED) is 0.823. The third-order valence-electron chi connectivity index (χ3n) is 3.46. The maximum absolute atomic E-state index is 11.9. The average molecular weight is 302 g/mol. The second-order valence-electron chi connectivity index (χ2n) is 5.53. The first-order valence-electron chi connectivity index (χ1n) is 7.35. The van der Waals surface area contributed by atoms with Crippen LogP contribution < -0.4 is 15.0 Å². The van der Waals surface area contributed by atoms with Crippen LogP contribution in [0.1, 0.15) is 20.3 Å². The van der Waals surface area contributed by atoms with Crippen LogP contribution in [-0.2, 0) is 6.54 Å². The van der Waals surface area contributed by atoms with E-state index in [0.29, 0.717) is 24.0 Å². The van der Waals surface area contributed by atoms with Crippen LogP contribution >= 0.6 is 0 Å². The van der Waals surface area contributed by atoms with Crippen LogP contribution in [-0.4, -0.2) is 24.0 Å². The van der Waals surface area contributed by atoms with Crippen molar-refractivity contribution in [3.63, 3.8) is 0 Å². The number of rotatable bonds is 6. The van der Waals surface area contributed by atoms with Crippen LogP contribution in [0.4, 0.5) is 0 Å². The van der Waals surface area contributed by atoms with Gasteiger partial charge in [0.1, 0.15) is 0 Å². The zero-order valence-electron chi connectivity index (χ0n) is 13.5. The summed E-state index contributed by atoms with van der Waals surface area (Å²) in [6.45, 7) is 4.88. The summed E-state index contributed by atoms with van der Waals surface area (Å²) < 4.78 is 12.1. The van der Waals surface area contributed by atoms with Gasteiger partial charge in [0.05, 0.1) is 19.9 Å². The van der Waals surface area contributed by atoms with Crippen molar-refractivity contribution in [2.24, 2.45) is 5.92 Å². The van der Waals surface area contributed by atoms with E-state index in [4.69, 9.17) is 9.47 Å². The number of benzene rings is 1. The molecule has 0 bridgehead atoms. The third kappa shape index (κ3) is 3.67. The molecule has 0 atom stereocenters. The lowest BCUT2D eigenvalue weighted by Gasteiger charge is -2.11. The molecule has 0 aliphatic heterocycles. The normalized spacial score (nSPS) is 10.8. The van der Waals surface area contributed by atoms with Gasteiger partial charge in [-0.05, 0) is 36.6 Å². The molecule has 1 aromatic heterocycles. The Balaban J connectivity index is 2.36. The van der Waals surface area contributed by atoms with Gasteiger partial charge in [0, 0.05) is 18.2 Å². The Morgan fingerprint density at radius 2 is 1.82 bits per heavy atom. The van der Waals surface area contributed by atoms with E-state index >= 15 is 0 Å². The number of aryl methyl sites for hydroxylation is 1. The summed E-state index contributed by atoms with van der Waals surface area (Å²) in [6.07, 6.45) is 0.919. The van der Waals surface area contributed by atoms with Crippen molar-refractivity contribution in [1.82, 2.24) is 9.78 Å². The molecule has 5 heteroatoms. The zero-order chi connectivity index (χ0) is 16.1. The first-order valence-corrected chi connectivity index (χ1v) is 7.35. The van der Waals surface area contributed by atoms with E-state index in [1.54, 1.807) is 26.4 Å². The van der Waals surface area contributed by atoms with Crippen LogP contribution in [0.2, 0.25) is 0 Å². The molecule has 0 unspecified atom stereocenters. The molecule has 0 saturated carbocycles. The molecule has 0 aliphatic rings. The van der Waals surface area contributed by atoms with Crippen LogP contribution in [0, 0.1) is 5.92 Å². The molecule has 5 nitrogen and oxygen atoms in total. The van der Waals surface area contributed by atoms with E-state index in [-0.39, 0.29) is 5.56 Å². The minimum Gasteiger partial charge on any atom is -0.493 e. The van der Waals surface area contributed by atoms with E-state index in [9.17, 15) is 4.79 Å². The van der Waals surface area contributed by atoms with Crippen molar-refractivity contribution < 1.29 is 9.47 Å². The van der Waals surface area contributed by atoms with Crippen LogP contribution in [0.5, 0.6) is 11.5 Å². The van der Waals surface area contributed by atoms with Gasteiger partial charge in [-0.3, -0.25) is 4.79 Å². The molecular formula is C17H22N2O3. The number of aromatic nitrogens is 2. The van der Waals surface area contributed by atoms with Crippen molar-refractivity contribution >= 4 is 0 Å². The standard InChI is InChI=1S/C17H22N2O3/c1-12(2)9-10-19-17(20)8-6-14(18-19)13-5-7-15(21-3)16(11-13)22-4/h5-8,11-12H,9-10H2,1-4H3. The second kappa shape index (κ2) is 7.11. The highest BCUT2D eigenvalue weighted by Crippen LogP contribution is 2.31. The third-order valence-corrected chi connectivity index (χ3v) is 3.46. The summed E-state index contributed by atoms with van der Waals surface area (Å²) in [7, 11) is 3.19.